The van der Waals surface area contributed by atoms with Crippen LogP contribution >= 0.6 is 0 Å². The van der Waals surface area contributed by atoms with E-state index in [0.29, 0.717) is 30.5 Å². The summed E-state index contributed by atoms with van der Waals surface area (Å²) in [6.45, 7) is 10.4. The molecule has 5 heteroatoms. The molecule has 1 aromatic rings. The number of hydrogen-bond acceptors (Lipinski definition) is 4. The number of nitrogens with one attached hydrogen (secondary N) is 1. The van der Waals surface area contributed by atoms with Gasteiger partial charge >= 0.3 is 0 Å². The fourth-order valence-corrected chi connectivity index (χ4v) is 1.52. The van der Waals surface area contributed by atoms with Gasteiger partial charge in [-0.15, -0.1) is 0 Å². The summed E-state index contributed by atoms with van der Waals surface area (Å²) in [6, 6.07) is 0. The lowest BCUT2D eigenvalue weighted by Crippen LogP contribution is -2.30. The predicted molar refractivity (Wildman–Crippen MR) is 72.6 cm³/mol. The second kappa shape index (κ2) is 6.93. The number of rotatable bonds is 6. The van der Waals surface area contributed by atoms with E-state index in [2.05, 4.69) is 29.1 Å². The van der Waals surface area contributed by atoms with Gasteiger partial charge < -0.3 is 10.2 Å². The van der Waals surface area contributed by atoms with E-state index >= 15 is 0 Å². The molecule has 0 aliphatic carbocycles. The third kappa shape index (κ3) is 3.98. The van der Waals surface area contributed by atoms with Crippen LogP contribution in [0.4, 0.5) is 5.95 Å². The zero-order valence-corrected chi connectivity index (χ0v) is 11.6. The number of aromatic nitrogens is 2. The molecule has 0 bridgehead atoms. The quantitative estimate of drug-likeness (QED) is 0.839. The van der Waals surface area contributed by atoms with Crippen LogP contribution in [0.2, 0.25) is 0 Å². The summed E-state index contributed by atoms with van der Waals surface area (Å²) in [7, 11) is 0. The van der Waals surface area contributed by atoms with Gasteiger partial charge in [0.05, 0.1) is 5.56 Å². The monoisotopic (exact) mass is 250 g/mol. The zero-order chi connectivity index (χ0) is 13.5. The Morgan fingerprint density at radius 3 is 2.28 bits per heavy atom. The average Bonchev–Trinajstić information content (AvgIpc) is 2.38. The highest BCUT2D eigenvalue weighted by Gasteiger charge is 2.13. The molecule has 0 saturated heterocycles. The lowest BCUT2D eigenvalue weighted by molar-refractivity contribution is 0.0772. The van der Waals surface area contributed by atoms with E-state index in [1.165, 1.54) is 0 Å². The van der Waals surface area contributed by atoms with Gasteiger partial charge in [0.25, 0.3) is 5.91 Å². The fraction of sp³-hybridized carbons (Fsp3) is 0.615. The second-order valence-corrected chi connectivity index (χ2v) is 4.55. The summed E-state index contributed by atoms with van der Waals surface area (Å²) in [5.41, 5.74) is 0.536. The van der Waals surface area contributed by atoms with Gasteiger partial charge in [-0.05, 0) is 19.8 Å². The van der Waals surface area contributed by atoms with Crippen LogP contribution < -0.4 is 5.32 Å². The number of nitrogens with zero attached hydrogens (tertiary/aromatic N) is 3. The Kier molecular flexibility index (Phi) is 5.55. The summed E-state index contributed by atoms with van der Waals surface area (Å²) in [5, 5.41) is 3.12. The zero-order valence-electron chi connectivity index (χ0n) is 11.6. The van der Waals surface area contributed by atoms with Gasteiger partial charge in [-0.1, -0.05) is 13.8 Å². The molecule has 0 fully saturated rings. The van der Waals surface area contributed by atoms with Gasteiger partial charge in [0.15, 0.2) is 0 Å². The third-order valence-electron chi connectivity index (χ3n) is 2.62. The van der Waals surface area contributed by atoms with Crippen molar-refractivity contribution in [3.8, 4) is 0 Å². The normalized spacial score (nSPS) is 10.5. The smallest absolute Gasteiger partial charge is 0.256 e. The average molecular weight is 250 g/mol. The molecule has 1 heterocycles. The van der Waals surface area contributed by atoms with Crippen molar-refractivity contribution >= 4 is 11.9 Å². The topological polar surface area (TPSA) is 58.1 Å². The van der Waals surface area contributed by atoms with Crippen LogP contribution in [0, 0.1) is 5.92 Å². The molecule has 1 rings (SSSR count). The highest BCUT2D eigenvalue weighted by molar-refractivity contribution is 5.93. The molecule has 0 unspecified atom stereocenters. The minimum Gasteiger partial charge on any atom is -0.354 e. The first-order valence-corrected chi connectivity index (χ1v) is 6.43. The van der Waals surface area contributed by atoms with Crippen LogP contribution in [-0.4, -0.2) is 40.4 Å². The molecule has 0 aliphatic heterocycles. The molecule has 0 spiro atoms. The summed E-state index contributed by atoms with van der Waals surface area (Å²) in [5.74, 6) is 1.08. The maximum atomic E-state index is 12.0. The summed E-state index contributed by atoms with van der Waals surface area (Å²) >= 11 is 0. The Morgan fingerprint density at radius 1 is 1.28 bits per heavy atom. The van der Waals surface area contributed by atoms with E-state index in [1.807, 2.05) is 13.8 Å². The number of carbonyl (C=O) groups is 1. The molecular weight excluding hydrogens is 228 g/mol. The highest BCUT2D eigenvalue weighted by atomic mass is 16.2. The molecule has 0 atom stereocenters. The lowest BCUT2D eigenvalue weighted by Gasteiger charge is -2.18. The lowest BCUT2D eigenvalue weighted by atomic mass is 10.2. The maximum absolute atomic E-state index is 12.0. The van der Waals surface area contributed by atoms with Crippen molar-refractivity contribution in [3.63, 3.8) is 0 Å². The number of amides is 1. The largest absolute Gasteiger partial charge is 0.354 e. The third-order valence-corrected chi connectivity index (χ3v) is 2.62. The van der Waals surface area contributed by atoms with Crippen molar-refractivity contribution in [2.75, 3.05) is 25.0 Å². The SMILES string of the molecule is CCN(CC)C(=O)c1cnc(NCC(C)C)nc1. The summed E-state index contributed by atoms with van der Waals surface area (Å²) in [6.07, 6.45) is 3.16. The minimum absolute atomic E-state index is 0.0181. The number of hydrogen-bond donors (Lipinski definition) is 1. The van der Waals surface area contributed by atoms with Crippen molar-refractivity contribution in [1.82, 2.24) is 14.9 Å². The molecule has 5 nitrogen and oxygen atoms in total. The first-order valence-electron chi connectivity index (χ1n) is 6.43. The Morgan fingerprint density at radius 2 is 1.83 bits per heavy atom. The summed E-state index contributed by atoms with van der Waals surface area (Å²) in [4.78, 5) is 22.1. The van der Waals surface area contributed by atoms with Gasteiger partial charge in [-0.3, -0.25) is 4.79 Å². The molecule has 0 saturated carbocycles. The van der Waals surface area contributed by atoms with Gasteiger partial charge in [0.1, 0.15) is 0 Å². The molecule has 1 amide bonds. The molecule has 0 aromatic carbocycles. The Balaban J connectivity index is 2.67. The molecular formula is C13H22N4O. The predicted octanol–water partition coefficient (Wildman–Crippen LogP) is 2.03. The van der Waals surface area contributed by atoms with Crippen molar-refractivity contribution in [1.29, 1.82) is 0 Å². The molecule has 1 aromatic heterocycles. The molecule has 100 valence electrons. The first kappa shape index (κ1) is 14.4. The van der Waals surface area contributed by atoms with Crippen LogP contribution in [0.3, 0.4) is 0 Å². The van der Waals surface area contributed by atoms with Crippen molar-refractivity contribution in [2.45, 2.75) is 27.7 Å². The van der Waals surface area contributed by atoms with E-state index in [9.17, 15) is 4.79 Å². The molecule has 18 heavy (non-hydrogen) atoms. The van der Waals surface area contributed by atoms with Gasteiger partial charge in [0, 0.05) is 32.0 Å². The van der Waals surface area contributed by atoms with Crippen LogP contribution in [0.5, 0.6) is 0 Å². The minimum atomic E-state index is -0.0181. The number of anilines is 1. The molecule has 0 aliphatic rings. The molecule has 0 radical (unpaired) electrons. The van der Waals surface area contributed by atoms with Gasteiger partial charge in [-0.25, -0.2) is 9.97 Å². The van der Waals surface area contributed by atoms with E-state index < -0.39 is 0 Å². The highest BCUT2D eigenvalue weighted by Crippen LogP contribution is 2.05. The van der Waals surface area contributed by atoms with Gasteiger partial charge in [0.2, 0.25) is 5.95 Å². The van der Waals surface area contributed by atoms with Crippen molar-refractivity contribution < 1.29 is 4.79 Å². The number of carbonyl (C=O) groups excluding carboxylic acids is 1. The van der Waals surface area contributed by atoms with Crippen LogP contribution in [0.25, 0.3) is 0 Å². The Bertz CT molecular complexity index is 371. The fourth-order valence-electron chi connectivity index (χ4n) is 1.52. The van der Waals surface area contributed by atoms with E-state index in [0.717, 1.165) is 6.54 Å². The Hall–Kier alpha value is -1.65. The molecule has 1 N–H and O–H groups in total. The van der Waals surface area contributed by atoms with Crippen molar-refractivity contribution in [3.05, 3.63) is 18.0 Å². The van der Waals surface area contributed by atoms with E-state index in [1.54, 1.807) is 17.3 Å². The van der Waals surface area contributed by atoms with Crippen LogP contribution in [-0.2, 0) is 0 Å². The van der Waals surface area contributed by atoms with E-state index in [4.69, 9.17) is 0 Å². The maximum Gasteiger partial charge on any atom is 0.256 e. The Labute approximate surface area is 109 Å². The second-order valence-electron chi connectivity index (χ2n) is 4.55. The van der Waals surface area contributed by atoms with Crippen LogP contribution in [0.1, 0.15) is 38.1 Å². The summed E-state index contributed by atoms with van der Waals surface area (Å²) < 4.78 is 0. The van der Waals surface area contributed by atoms with Gasteiger partial charge in [-0.2, -0.15) is 0 Å². The van der Waals surface area contributed by atoms with Crippen LogP contribution in [0.15, 0.2) is 12.4 Å². The van der Waals surface area contributed by atoms with Crippen molar-refractivity contribution in [2.24, 2.45) is 5.92 Å². The standard InChI is InChI=1S/C13H22N4O/c1-5-17(6-2)12(18)11-8-15-13(16-9-11)14-7-10(3)4/h8-10H,5-7H2,1-4H3,(H,14,15,16). The van der Waals surface area contributed by atoms with E-state index in [-0.39, 0.29) is 5.91 Å². The first-order chi connectivity index (χ1) is 8.58.